The predicted octanol–water partition coefficient (Wildman–Crippen LogP) is 3.53. The molecule has 1 fully saturated rings. The van der Waals surface area contributed by atoms with Crippen LogP contribution < -0.4 is 10.6 Å². The van der Waals surface area contributed by atoms with Gasteiger partial charge in [-0.15, -0.1) is 5.10 Å². The van der Waals surface area contributed by atoms with Crippen molar-refractivity contribution in [2.75, 3.05) is 10.6 Å². The topological polar surface area (TPSA) is 124 Å². The largest absolute Gasteiger partial charge is 0.441 e. The molecule has 0 unspecified atom stereocenters. The number of hydrogen-bond acceptors (Lipinski definition) is 7. The molecule has 0 aliphatic heterocycles. The molecular weight excluding hydrogens is 441 g/mol. The van der Waals surface area contributed by atoms with E-state index in [9.17, 15) is 14.0 Å². The van der Waals surface area contributed by atoms with Gasteiger partial charge in [0.05, 0.1) is 23.5 Å². The summed E-state index contributed by atoms with van der Waals surface area (Å²) in [7, 11) is 1.60. The van der Waals surface area contributed by atoms with Gasteiger partial charge in [0.25, 0.3) is 0 Å². The maximum Gasteiger partial charge on any atom is 0.413 e. The van der Waals surface area contributed by atoms with Crippen LogP contribution in [-0.2, 0) is 16.6 Å². The number of ether oxygens (including phenoxy) is 1. The fourth-order valence-corrected chi connectivity index (χ4v) is 3.27. The minimum Gasteiger partial charge on any atom is -0.441 e. The van der Waals surface area contributed by atoms with Crippen molar-refractivity contribution < 1.29 is 18.7 Å². The second-order valence-corrected chi connectivity index (χ2v) is 7.60. The van der Waals surface area contributed by atoms with Gasteiger partial charge in [-0.25, -0.2) is 18.9 Å². The molecule has 1 saturated carbocycles. The van der Waals surface area contributed by atoms with Crippen LogP contribution in [0.15, 0.2) is 36.7 Å². The van der Waals surface area contributed by atoms with Crippen molar-refractivity contribution >= 4 is 35.1 Å². The van der Waals surface area contributed by atoms with Crippen molar-refractivity contribution in [2.45, 2.75) is 25.6 Å². The first kappa shape index (κ1) is 21.6. The maximum atomic E-state index is 13.0. The van der Waals surface area contributed by atoms with Gasteiger partial charge < -0.3 is 10.1 Å². The van der Waals surface area contributed by atoms with Gasteiger partial charge in [0.15, 0.2) is 11.5 Å². The van der Waals surface area contributed by atoms with Crippen LogP contribution in [0.5, 0.6) is 0 Å². The van der Waals surface area contributed by atoms with E-state index in [0.717, 1.165) is 0 Å². The van der Waals surface area contributed by atoms with Crippen LogP contribution in [-0.4, -0.2) is 43.1 Å². The Balaban J connectivity index is 1.44. The van der Waals surface area contributed by atoms with Crippen LogP contribution >= 0.6 is 11.6 Å². The number of nitrogens with zero attached hydrogens (tertiary/aromatic N) is 5. The summed E-state index contributed by atoms with van der Waals surface area (Å²) in [6.45, 7) is 1.67. The maximum absolute atomic E-state index is 13.0. The lowest BCUT2D eigenvalue weighted by molar-refractivity contribution is -0.117. The van der Waals surface area contributed by atoms with Gasteiger partial charge in [-0.1, -0.05) is 22.9 Å². The number of hydrogen-bond donors (Lipinski definition) is 2. The van der Waals surface area contributed by atoms with Crippen LogP contribution in [0.25, 0.3) is 11.4 Å². The average molecular weight is 460 g/mol. The summed E-state index contributed by atoms with van der Waals surface area (Å²) in [6, 6.07) is 6.62. The third-order valence-corrected chi connectivity index (χ3v) is 5.20. The Hall–Kier alpha value is -3.60. The van der Waals surface area contributed by atoms with Gasteiger partial charge >= 0.3 is 6.09 Å². The third kappa shape index (κ3) is 4.67. The monoisotopic (exact) mass is 459 g/mol. The Labute approximate surface area is 187 Å². The number of halogens is 2. The Bertz CT molecular complexity index is 1150. The molecular formula is C20H19ClFN7O3. The molecule has 12 heteroatoms. The second kappa shape index (κ2) is 8.87. The molecule has 0 saturated heterocycles. The standard InChI is InChI=1S/C20H19ClFN7O3/c1-10(12-4-3-7-23-17(12)21)32-20(31)26-18-16(27-28-29(18)2)15-6-5-11(9-24-15)25-19(30)13-8-14(13)22/h3-7,9-10,13-14H,8H2,1-2H3,(H,25,30)(H,26,31)/t10-,13-,14+/m1/s1. The molecule has 0 aromatic carbocycles. The predicted molar refractivity (Wildman–Crippen MR) is 114 cm³/mol. The van der Waals surface area contributed by atoms with Crippen molar-refractivity contribution in [2.24, 2.45) is 13.0 Å². The van der Waals surface area contributed by atoms with E-state index in [4.69, 9.17) is 16.3 Å². The Morgan fingerprint density at radius 1 is 1.28 bits per heavy atom. The van der Waals surface area contributed by atoms with E-state index >= 15 is 0 Å². The normalized spacial score (nSPS) is 18.0. The summed E-state index contributed by atoms with van der Waals surface area (Å²) in [4.78, 5) is 32.5. The smallest absolute Gasteiger partial charge is 0.413 e. The molecule has 0 radical (unpaired) electrons. The van der Waals surface area contributed by atoms with Crippen molar-refractivity contribution in [3.8, 4) is 11.4 Å². The molecule has 1 aliphatic carbocycles. The number of aryl methyl sites for hydroxylation is 1. The molecule has 3 heterocycles. The summed E-state index contributed by atoms with van der Waals surface area (Å²) in [5, 5.41) is 13.4. The van der Waals surface area contributed by atoms with Crippen LogP contribution in [0, 0.1) is 5.92 Å². The number of anilines is 2. The van der Waals surface area contributed by atoms with Crippen molar-refractivity contribution in [1.29, 1.82) is 0 Å². The Kier molecular flexibility index (Phi) is 5.99. The Morgan fingerprint density at radius 2 is 2.06 bits per heavy atom. The van der Waals surface area contributed by atoms with Gasteiger partial charge in [-0.05, 0) is 31.5 Å². The van der Waals surface area contributed by atoms with Crippen LogP contribution in [0.3, 0.4) is 0 Å². The lowest BCUT2D eigenvalue weighted by Gasteiger charge is -2.15. The second-order valence-electron chi connectivity index (χ2n) is 7.25. The van der Waals surface area contributed by atoms with E-state index in [2.05, 4.69) is 30.9 Å². The Morgan fingerprint density at radius 3 is 2.72 bits per heavy atom. The minimum absolute atomic E-state index is 0.244. The van der Waals surface area contributed by atoms with E-state index in [1.165, 1.54) is 10.9 Å². The van der Waals surface area contributed by atoms with Crippen LogP contribution in [0.2, 0.25) is 5.15 Å². The first-order valence-corrected chi connectivity index (χ1v) is 10.1. The molecule has 2 amide bonds. The van der Waals surface area contributed by atoms with Gasteiger partial charge in [0, 0.05) is 18.8 Å². The number of nitrogens with one attached hydrogen (secondary N) is 2. The third-order valence-electron chi connectivity index (χ3n) is 4.88. The lowest BCUT2D eigenvalue weighted by Crippen LogP contribution is -2.18. The molecule has 10 nitrogen and oxygen atoms in total. The molecule has 0 bridgehead atoms. The summed E-state index contributed by atoms with van der Waals surface area (Å²) >= 11 is 6.05. The van der Waals surface area contributed by atoms with Crippen molar-refractivity contribution in [3.05, 3.63) is 47.4 Å². The molecule has 1 aliphatic rings. The van der Waals surface area contributed by atoms with Gasteiger partial charge in [-0.2, -0.15) is 0 Å². The van der Waals surface area contributed by atoms with Gasteiger partial charge in [0.1, 0.15) is 17.4 Å². The van der Waals surface area contributed by atoms with E-state index < -0.39 is 24.3 Å². The molecule has 0 spiro atoms. The lowest BCUT2D eigenvalue weighted by atomic mass is 10.2. The molecule has 3 aromatic heterocycles. The zero-order valence-corrected chi connectivity index (χ0v) is 17.9. The van der Waals surface area contributed by atoms with Crippen molar-refractivity contribution in [1.82, 2.24) is 25.0 Å². The van der Waals surface area contributed by atoms with Crippen molar-refractivity contribution in [3.63, 3.8) is 0 Å². The molecule has 4 rings (SSSR count). The molecule has 2 N–H and O–H groups in total. The summed E-state index contributed by atoms with van der Waals surface area (Å²) < 4.78 is 19.8. The van der Waals surface area contributed by atoms with Gasteiger partial charge in [-0.3, -0.25) is 15.1 Å². The minimum atomic E-state index is -1.08. The molecule has 166 valence electrons. The first-order chi connectivity index (χ1) is 15.3. The number of alkyl halides is 1. The highest BCUT2D eigenvalue weighted by atomic mass is 35.5. The summed E-state index contributed by atoms with van der Waals surface area (Å²) in [5.74, 6) is -0.707. The van der Waals surface area contributed by atoms with E-state index in [-0.39, 0.29) is 23.3 Å². The summed E-state index contributed by atoms with van der Waals surface area (Å²) in [5.41, 5.74) is 1.71. The number of aromatic nitrogens is 5. The fourth-order valence-electron chi connectivity index (χ4n) is 3.00. The molecule has 3 atom stereocenters. The quantitative estimate of drug-likeness (QED) is 0.540. The first-order valence-electron chi connectivity index (χ1n) is 9.72. The van der Waals surface area contributed by atoms with E-state index in [0.29, 0.717) is 22.6 Å². The molecule has 32 heavy (non-hydrogen) atoms. The highest BCUT2D eigenvalue weighted by Gasteiger charge is 2.43. The number of amides is 2. The number of rotatable bonds is 6. The van der Waals surface area contributed by atoms with E-state index in [1.54, 1.807) is 44.4 Å². The zero-order valence-electron chi connectivity index (χ0n) is 17.1. The van der Waals surface area contributed by atoms with Crippen LogP contribution in [0.4, 0.5) is 20.7 Å². The highest BCUT2D eigenvalue weighted by Crippen LogP contribution is 2.34. The average Bonchev–Trinajstić information content (AvgIpc) is 3.40. The number of pyridine rings is 2. The SMILES string of the molecule is C[C@@H](OC(=O)Nc1c(-c2ccc(NC(=O)[C@@H]3C[C@@H]3F)cn2)nnn1C)c1cccnc1Cl. The fraction of sp³-hybridized carbons (Fsp3) is 0.300. The highest BCUT2D eigenvalue weighted by molar-refractivity contribution is 6.30. The van der Waals surface area contributed by atoms with Gasteiger partial charge in [0.2, 0.25) is 5.91 Å². The van der Waals surface area contributed by atoms with Crippen LogP contribution in [0.1, 0.15) is 25.0 Å². The zero-order chi connectivity index (χ0) is 22.8. The number of carbonyl (C=O) groups is 2. The van der Waals surface area contributed by atoms with E-state index in [1.807, 2.05) is 0 Å². The molecule has 3 aromatic rings. The summed E-state index contributed by atoms with van der Waals surface area (Å²) in [6.07, 6.45) is 0.752. The number of carbonyl (C=O) groups excluding carboxylic acids is 2.